The first-order chi connectivity index (χ1) is 70.2. The predicted molar refractivity (Wildman–Crippen MR) is 575 cm³/mol. The molecule has 4 aliphatic rings. The number of fused-ring (bicyclic) bond motifs is 4. The van der Waals surface area contributed by atoms with Gasteiger partial charge in [-0.15, -0.1) is 0 Å². The molecular weight excluding hydrogens is 1830 g/mol. The number of methoxy groups -OCH3 is 4. The molecule has 4 fully saturated rings. The van der Waals surface area contributed by atoms with Crippen LogP contribution in [0.2, 0.25) is 10.0 Å². The molecule has 22 nitrogen and oxygen atoms in total. The van der Waals surface area contributed by atoms with Crippen molar-refractivity contribution in [2.45, 2.75) is 109 Å². The van der Waals surface area contributed by atoms with Gasteiger partial charge in [0.25, 0.3) is 5.91 Å². The maximum absolute atomic E-state index is 13.3. The third-order valence-corrected chi connectivity index (χ3v) is 27.8. The molecule has 1 amide bonds. The Hall–Kier alpha value is -13.0. The van der Waals surface area contributed by atoms with E-state index in [9.17, 15) is 19.2 Å². The molecule has 0 radical (unpaired) electrons. The van der Waals surface area contributed by atoms with E-state index in [1.54, 1.807) is 28.4 Å². The van der Waals surface area contributed by atoms with Crippen molar-refractivity contribution in [3.8, 4) is 40.2 Å². The van der Waals surface area contributed by atoms with Crippen molar-refractivity contribution in [2.24, 2.45) is 5.92 Å². The topological polar surface area (TPSA) is 193 Å². The van der Waals surface area contributed by atoms with Gasteiger partial charge in [0.05, 0.1) is 56.1 Å². The molecule has 1 saturated carbocycles. The molecule has 2 N–H and O–H groups in total. The molecule has 0 atom stereocenters. The van der Waals surface area contributed by atoms with Gasteiger partial charge in [-0.3, -0.25) is 24.1 Å². The lowest BCUT2D eigenvalue weighted by Crippen LogP contribution is -2.47. The van der Waals surface area contributed by atoms with Crippen LogP contribution in [0.1, 0.15) is 121 Å². The number of rotatable bonds is 43. The zero-order valence-electron chi connectivity index (χ0n) is 83.0. The minimum Gasteiger partial charge on any atom is -0.495 e. The summed E-state index contributed by atoms with van der Waals surface area (Å²) >= 11 is 12.1. The van der Waals surface area contributed by atoms with Crippen LogP contribution < -0.4 is 43.8 Å². The molecule has 0 unspecified atom stereocenters. The standard InChI is InChI=1S/C32H37N3O3.C32H37N3O2.C28H30ClN3O3.C27H31ClN2O3/c1-37-31-15-8-14-28-29(30(36)24-26-10-4-2-5-11-26)25-35(32(28)31)17-9-16-33-18-20-34(21-19-33)22-23-38-27-12-6-3-7-13-27;1-37-30-16-8-15-28-29(32(36)27-13-6-3-7-14-27)25-35(31(28)30)21-10-20-33-18-9-19-34(24-23-33)22-17-26-11-4-2-5-12-26;1-34-26-13-6-12-24-25(28(33)31-19-21-8-5-9-22(29)18-21)20-32(27(24)26)16-7-14-30-15-17-35-23-10-3-2-4-11-23;1-32-25-8-3-7-23-24(27(31)19-9-10-19)18-30(26(23)25)14-4-13-29-15-11-21(12-16-29)33-22-6-2-5-20(28)17-22/h2-8,10-15,25H,9,16-24H2,1H3;2-8,11-16,25H,9-10,17-24H2,1H3;2-6,8-13,18,20,30H,7,14-17,19H2,1H3,(H,31,33);2-3,5-8,17-19,21H,4,9-16H2,1H3. The molecule has 11 aromatic carbocycles. The number of halogens is 2. The molecule has 3 aliphatic heterocycles. The molecule has 19 rings (SSSR count). The van der Waals surface area contributed by atoms with Crippen molar-refractivity contribution in [3.05, 3.63) is 352 Å². The lowest BCUT2D eigenvalue weighted by Gasteiger charge is -2.34. The van der Waals surface area contributed by atoms with E-state index in [2.05, 4.69) is 96.0 Å². The summed E-state index contributed by atoms with van der Waals surface area (Å²) in [5.74, 6) is 6.44. The number of ether oxygens (including phenoxy) is 7. The zero-order valence-corrected chi connectivity index (χ0v) is 84.5. The molecule has 0 bridgehead atoms. The molecule has 7 heterocycles. The summed E-state index contributed by atoms with van der Waals surface area (Å²) in [5.41, 5.74) is 11.1. The van der Waals surface area contributed by atoms with Gasteiger partial charge >= 0.3 is 0 Å². The number of benzene rings is 11. The van der Waals surface area contributed by atoms with E-state index in [-0.39, 0.29) is 35.3 Å². The fourth-order valence-corrected chi connectivity index (χ4v) is 20.0. The van der Waals surface area contributed by atoms with Crippen molar-refractivity contribution >= 4 is 90.1 Å². The monoisotopic (exact) mass is 1960 g/mol. The summed E-state index contributed by atoms with van der Waals surface area (Å²) in [5, 5.41) is 11.6. The van der Waals surface area contributed by atoms with Crippen molar-refractivity contribution in [3.63, 3.8) is 0 Å². The smallest absolute Gasteiger partial charge is 0.253 e. The van der Waals surface area contributed by atoms with E-state index in [1.165, 1.54) is 18.5 Å². The number of Topliss-reactive ketones (excluding diaryl/α,β-unsaturated/α-hetero) is 2. The highest BCUT2D eigenvalue weighted by atomic mass is 35.5. The fourth-order valence-electron chi connectivity index (χ4n) is 19.6. The van der Waals surface area contributed by atoms with E-state index in [0.29, 0.717) is 40.7 Å². The first-order valence-electron chi connectivity index (χ1n) is 50.7. The summed E-state index contributed by atoms with van der Waals surface area (Å²) < 4.78 is 49.1. The van der Waals surface area contributed by atoms with E-state index >= 15 is 0 Å². The van der Waals surface area contributed by atoms with Gasteiger partial charge in [0, 0.05) is 196 Å². The van der Waals surface area contributed by atoms with Crippen molar-refractivity contribution in [2.75, 3.05) is 153 Å². The lowest BCUT2D eigenvalue weighted by atomic mass is 10.0. The average molecular weight is 1970 g/mol. The molecule has 15 aromatic rings. The molecule has 4 aromatic heterocycles. The molecule has 143 heavy (non-hydrogen) atoms. The minimum absolute atomic E-state index is 0.0562. The maximum atomic E-state index is 13.3. The first-order valence-corrected chi connectivity index (χ1v) is 51.5. The van der Waals surface area contributed by atoms with Gasteiger partial charge in [-0.2, -0.15) is 0 Å². The minimum atomic E-state index is -0.127. The number of para-hydroxylation sites is 6. The second-order valence-corrected chi connectivity index (χ2v) is 38.0. The Balaban J connectivity index is 0.000000137. The van der Waals surface area contributed by atoms with Crippen LogP contribution in [0.25, 0.3) is 43.6 Å². The van der Waals surface area contributed by atoms with Crippen LogP contribution >= 0.6 is 23.2 Å². The van der Waals surface area contributed by atoms with E-state index < -0.39 is 0 Å². The highest BCUT2D eigenvalue weighted by Crippen LogP contribution is 2.40. The van der Waals surface area contributed by atoms with Gasteiger partial charge in [-0.1, -0.05) is 217 Å². The second kappa shape index (κ2) is 52.8. The zero-order chi connectivity index (χ0) is 98.9. The fraction of sp³-hybridized carbons (Fsp3) is 0.345. The van der Waals surface area contributed by atoms with Crippen LogP contribution in [0.4, 0.5) is 0 Å². The van der Waals surface area contributed by atoms with Crippen LogP contribution in [-0.4, -0.2) is 225 Å². The Kier molecular flexibility index (Phi) is 38.0. The van der Waals surface area contributed by atoms with Crippen molar-refractivity contribution in [1.82, 2.24) is 53.4 Å². The summed E-state index contributed by atoms with van der Waals surface area (Å²) in [4.78, 5) is 65.3. The normalized spacial score (nSPS) is 14.4. The molecule has 746 valence electrons. The van der Waals surface area contributed by atoms with Crippen LogP contribution in [-0.2, 0) is 45.6 Å². The predicted octanol–water partition coefficient (Wildman–Crippen LogP) is 21.8. The Morgan fingerprint density at radius 1 is 0.350 bits per heavy atom. The third-order valence-electron chi connectivity index (χ3n) is 27.3. The third kappa shape index (κ3) is 28.8. The number of nitrogens with zero attached hydrogens (tertiary/aromatic N) is 9. The highest BCUT2D eigenvalue weighted by molar-refractivity contribution is 6.31. The number of hydrogen-bond acceptors (Lipinski definition) is 17. The summed E-state index contributed by atoms with van der Waals surface area (Å²) in [6, 6.07) is 89.0. The van der Waals surface area contributed by atoms with Gasteiger partial charge < -0.3 is 81.7 Å². The number of aromatic nitrogens is 4. The quantitative estimate of drug-likeness (QED) is 0.0270. The Morgan fingerprint density at radius 2 is 0.755 bits per heavy atom. The molecule has 3 saturated heterocycles. The number of nitrogens with one attached hydrogen (secondary N) is 2. The molecule has 24 heteroatoms. The lowest BCUT2D eigenvalue weighted by molar-refractivity contribution is 0.0948. The summed E-state index contributed by atoms with van der Waals surface area (Å²) in [6.45, 7) is 22.8. The number of likely N-dealkylation sites (tertiary alicyclic amines) is 1. The summed E-state index contributed by atoms with van der Waals surface area (Å²) in [6.07, 6.45) is 19.1. The Bertz CT molecular complexity index is 6580. The van der Waals surface area contributed by atoms with Crippen molar-refractivity contribution in [1.29, 1.82) is 0 Å². The number of amides is 1. The number of piperazine rings is 1. The highest BCUT2D eigenvalue weighted by Gasteiger charge is 2.34. The van der Waals surface area contributed by atoms with E-state index in [0.717, 1.165) is 307 Å². The number of carbonyl (C=O) groups is 4. The number of piperidine rings is 1. The van der Waals surface area contributed by atoms with Gasteiger partial charge in [-0.25, -0.2) is 0 Å². The second-order valence-electron chi connectivity index (χ2n) is 37.2. The molecule has 1 aliphatic carbocycles. The van der Waals surface area contributed by atoms with Crippen molar-refractivity contribution < 1.29 is 52.3 Å². The van der Waals surface area contributed by atoms with Gasteiger partial charge in [-0.05, 0) is 199 Å². The van der Waals surface area contributed by atoms with E-state index in [1.807, 2.05) is 255 Å². The van der Waals surface area contributed by atoms with Gasteiger partial charge in [0.2, 0.25) is 0 Å². The first kappa shape index (κ1) is 103. The van der Waals surface area contributed by atoms with Gasteiger partial charge in [0.1, 0.15) is 59.6 Å². The number of carbonyl (C=O) groups excluding carboxylic acids is 4. The van der Waals surface area contributed by atoms with Crippen LogP contribution in [0, 0.1) is 5.92 Å². The number of aryl methyl sites for hydroxylation is 4. The summed E-state index contributed by atoms with van der Waals surface area (Å²) in [7, 11) is 6.75. The van der Waals surface area contributed by atoms with E-state index in [4.69, 9.17) is 56.4 Å². The Morgan fingerprint density at radius 3 is 1.27 bits per heavy atom. The molecule has 0 spiro atoms. The SMILES string of the molecule is COc1cccc2c(C(=O)C3CC3)cn(CCCN3CCC(Oc4cccc(Cl)c4)CC3)c12.COc1cccc2c(C(=O)Cc3ccccc3)cn(CCCN3CCN(CCOc4ccccc4)CC3)c12.COc1cccc2c(C(=O)NCc3cccc(Cl)c3)cn(CCCNCCOc3ccccc3)c12.COc1cccc2c(C(=O)c3ccccc3)cn(CCCN3CCCN(CCc4ccccc4)CC3)c12. The number of ketones is 3. The van der Waals surface area contributed by atoms with Gasteiger partial charge in [0.15, 0.2) is 17.3 Å². The van der Waals surface area contributed by atoms with Crippen LogP contribution in [0.5, 0.6) is 40.2 Å². The number of hydrogen-bond donors (Lipinski definition) is 2. The molecular formula is C119H135Cl2N11O11. The van der Waals surface area contributed by atoms with Crippen LogP contribution in [0.15, 0.2) is 298 Å². The average Bonchev–Trinajstić information content (AvgIpc) is 1.62. The maximum Gasteiger partial charge on any atom is 0.253 e. The Labute approximate surface area is 851 Å². The van der Waals surface area contributed by atoms with Crippen LogP contribution in [0.3, 0.4) is 0 Å². The largest absolute Gasteiger partial charge is 0.495 e.